The van der Waals surface area contributed by atoms with E-state index in [2.05, 4.69) is 20.8 Å². The van der Waals surface area contributed by atoms with Crippen LogP contribution in [-0.2, 0) is 10.5 Å². The Morgan fingerprint density at radius 2 is 1.66 bits per heavy atom. The molecule has 4 rings (SSSR count). The van der Waals surface area contributed by atoms with Crippen molar-refractivity contribution in [1.82, 2.24) is 20.8 Å². The third kappa shape index (κ3) is 5.56. The number of amides is 2. The highest BCUT2D eigenvalue weighted by Gasteiger charge is 2.12. The highest BCUT2D eigenvalue weighted by Crippen LogP contribution is 2.23. The van der Waals surface area contributed by atoms with Crippen LogP contribution in [0.4, 0.5) is 0 Å². The number of H-pyrrole nitrogens is 1. The number of para-hydroxylation sites is 2. The van der Waals surface area contributed by atoms with Crippen molar-refractivity contribution >= 4 is 34.6 Å². The van der Waals surface area contributed by atoms with Gasteiger partial charge in [-0.25, -0.2) is 4.98 Å². The molecule has 0 bridgehead atoms. The minimum Gasteiger partial charge on any atom is -0.333 e. The molecule has 0 aliphatic rings. The number of benzene rings is 3. The lowest BCUT2D eigenvalue weighted by Gasteiger charge is -2.12. The van der Waals surface area contributed by atoms with E-state index in [0.29, 0.717) is 12.0 Å². The lowest BCUT2D eigenvalue weighted by molar-refractivity contribution is -0.122. The van der Waals surface area contributed by atoms with Crippen molar-refractivity contribution in [3.05, 3.63) is 95.6 Å². The summed E-state index contributed by atoms with van der Waals surface area (Å²) in [6.07, 6.45) is 0.294. The van der Waals surface area contributed by atoms with Gasteiger partial charge in [0.15, 0.2) is 5.16 Å². The van der Waals surface area contributed by atoms with E-state index in [9.17, 15) is 9.59 Å². The number of hydrogen-bond acceptors (Lipinski definition) is 4. The van der Waals surface area contributed by atoms with Crippen LogP contribution in [0.25, 0.3) is 11.0 Å². The molecule has 0 saturated heterocycles. The molecule has 0 fully saturated rings. The molecule has 1 heterocycles. The van der Waals surface area contributed by atoms with E-state index in [-0.39, 0.29) is 17.7 Å². The van der Waals surface area contributed by atoms with E-state index in [1.165, 1.54) is 0 Å². The van der Waals surface area contributed by atoms with E-state index >= 15 is 0 Å². The van der Waals surface area contributed by atoms with Gasteiger partial charge in [0.1, 0.15) is 0 Å². The lowest BCUT2D eigenvalue weighted by Crippen LogP contribution is -2.41. The second-order valence-electron chi connectivity index (χ2n) is 7.56. The average molecular weight is 445 g/mol. The normalized spacial score (nSPS) is 11.8. The Kier molecular flexibility index (Phi) is 6.87. The Morgan fingerprint density at radius 3 is 2.41 bits per heavy atom. The first-order valence-corrected chi connectivity index (χ1v) is 11.4. The van der Waals surface area contributed by atoms with Gasteiger partial charge >= 0.3 is 0 Å². The smallest absolute Gasteiger partial charge is 0.269 e. The summed E-state index contributed by atoms with van der Waals surface area (Å²) in [5.41, 5.74) is 9.60. The molecule has 1 aromatic heterocycles. The molecule has 4 aromatic rings. The van der Waals surface area contributed by atoms with E-state index in [1.54, 1.807) is 23.9 Å². The highest BCUT2D eigenvalue weighted by molar-refractivity contribution is 7.98. The monoisotopic (exact) mass is 444 g/mol. The number of nitrogens with zero attached hydrogens (tertiary/aromatic N) is 1. The zero-order valence-corrected chi connectivity index (χ0v) is 18.5. The van der Waals surface area contributed by atoms with Gasteiger partial charge in [0.2, 0.25) is 5.91 Å². The summed E-state index contributed by atoms with van der Waals surface area (Å²) in [5.74, 6) is 0.225. The second kappa shape index (κ2) is 10.2. The van der Waals surface area contributed by atoms with E-state index in [1.807, 2.05) is 73.7 Å². The average Bonchev–Trinajstić information content (AvgIpc) is 3.25. The predicted molar refractivity (Wildman–Crippen MR) is 127 cm³/mol. The van der Waals surface area contributed by atoms with Crippen molar-refractivity contribution in [1.29, 1.82) is 0 Å². The van der Waals surface area contributed by atoms with Gasteiger partial charge in [0.05, 0.1) is 11.0 Å². The van der Waals surface area contributed by atoms with Crippen molar-refractivity contribution in [2.45, 2.75) is 30.2 Å². The zero-order chi connectivity index (χ0) is 22.3. The minimum atomic E-state index is -0.345. The van der Waals surface area contributed by atoms with Crippen LogP contribution in [0.1, 0.15) is 40.7 Å². The second-order valence-corrected chi connectivity index (χ2v) is 8.53. The topological polar surface area (TPSA) is 86.9 Å². The standard InChI is InChI=1S/C25H24N4O2S/c1-17(19-7-3-2-4-8-19)15-23(30)28-29-24(31)20-13-11-18(12-14-20)16-32-25-26-21-9-5-6-10-22(21)27-25/h2-14,17H,15-16H2,1H3,(H,26,27)(H,28,30)(H,29,31)/t17-/m1/s1. The third-order valence-electron chi connectivity index (χ3n) is 5.13. The molecule has 0 saturated carbocycles. The molecule has 1 atom stereocenters. The van der Waals surface area contributed by atoms with Crippen molar-refractivity contribution in [2.75, 3.05) is 0 Å². The number of hydrogen-bond donors (Lipinski definition) is 3. The van der Waals surface area contributed by atoms with E-state index < -0.39 is 0 Å². The first-order valence-electron chi connectivity index (χ1n) is 10.4. The van der Waals surface area contributed by atoms with Gasteiger partial charge in [-0.2, -0.15) is 0 Å². The summed E-state index contributed by atoms with van der Waals surface area (Å²) in [7, 11) is 0. The van der Waals surface area contributed by atoms with Crippen LogP contribution >= 0.6 is 11.8 Å². The Bertz CT molecular complexity index is 1170. The molecule has 0 aliphatic heterocycles. The van der Waals surface area contributed by atoms with Crippen molar-refractivity contribution in [3.8, 4) is 0 Å². The predicted octanol–water partition coefficient (Wildman–Crippen LogP) is 4.81. The SMILES string of the molecule is C[C@H](CC(=O)NNC(=O)c1ccc(CSc2nc3ccccc3[nH]2)cc1)c1ccccc1. The number of aromatic amines is 1. The molecule has 0 radical (unpaired) electrons. The summed E-state index contributed by atoms with van der Waals surface area (Å²) in [6, 6.07) is 25.1. The van der Waals surface area contributed by atoms with Crippen LogP contribution in [0.2, 0.25) is 0 Å². The molecule has 162 valence electrons. The van der Waals surface area contributed by atoms with Gasteiger partial charge in [0.25, 0.3) is 5.91 Å². The molecule has 3 aromatic carbocycles. The Hall–Kier alpha value is -3.58. The first kappa shape index (κ1) is 21.6. The number of nitrogens with one attached hydrogen (secondary N) is 3. The maximum absolute atomic E-state index is 12.3. The number of fused-ring (bicyclic) bond motifs is 1. The van der Waals surface area contributed by atoms with Crippen LogP contribution in [0.3, 0.4) is 0 Å². The quantitative estimate of drug-likeness (QED) is 0.282. The Morgan fingerprint density at radius 1 is 0.938 bits per heavy atom. The van der Waals surface area contributed by atoms with Crippen molar-refractivity contribution in [3.63, 3.8) is 0 Å². The van der Waals surface area contributed by atoms with Crippen LogP contribution in [-0.4, -0.2) is 21.8 Å². The minimum absolute atomic E-state index is 0.0663. The van der Waals surface area contributed by atoms with Crippen LogP contribution < -0.4 is 10.9 Å². The van der Waals surface area contributed by atoms with Gasteiger partial charge in [-0.15, -0.1) is 0 Å². The summed E-state index contributed by atoms with van der Waals surface area (Å²) < 4.78 is 0. The molecule has 6 nitrogen and oxygen atoms in total. The first-order chi connectivity index (χ1) is 15.6. The molecule has 0 unspecified atom stereocenters. The number of imidazole rings is 1. The van der Waals surface area contributed by atoms with Gasteiger partial charge < -0.3 is 4.98 Å². The van der Waals surface area contributed by atoms with Crippen molar-refractivity contribution < 1.29 is 9.59 Å². The van der Waals surface area contributed by atoms with E-state index in [0.717, 1.165) is 33.1 Å². The molecule has 7 heteroatoms. The van der Waals surface area contributed by atoms with Crippen LogP contribution in [0, 0.1) is 0 Å². The van der Waals surface area contributed by atoms with Gasteiger partial charge in [-0.05, 0) is 41.3 Å². The zero-order valence-electron chi connectivity index (χ0n) is 17.7. The Balaban J connectivity index is 1.25. The summed E-state index contributed by atoms with van der Waals surface area (Å²) in [5, 5.41) is 0.862. The van der Waals surface area contributed by atoms with Gasteiger partial charge in [-0.1, -0.05) is 73.3 Å². The molecule has 0 spiro atoms. The molecule has 2 amide bonds. The molecule has 3 N–H and O–H groups in total. The fourth-order valence-electron chi connectivity index (χ4n) is 3.33. The van der Waals surface area contributed by atoms with Gasteiger partial charge in [-0.3, -0.25) is 20.4 Å². The van der Waals surface area contributed by atoms with Crippen LogP contribution in [0.5, 0.6) is 0 Å². The number of carbonyl (C=O) groups is 2. The van der Waals surface area contributed by atoms with Crippen LogP contribution in [0.15, 0.2) is 84.0 Å². The highest BCUT2D eigenvalue weighted by atomic mass is 32.2. The van der Waals surface area contributed by atoms with Crippen molar-refractivity contribution in [2.24, 2.45) is 0 Å². The summed E-state index contributed by atoms with van der Waals surface area (Å²) >= 11 is 1.61. The number of carbonyl (C=O) groups excluding carboxylic acids is 2. The maximum Gasteiger partial charge on any atom is 0.269 e. The third-order valence-corrected chi connectivity index (χ3v) is 6.08. The fourth-order valence-corrected chi connectivity index (χ4v) is 4.17. The molecule has 0 aliphatic carbocycles. The molecular weight excluding hydrogens is 420 g/mol. The number of rotatable bonds is 7. The fraction of sp³-hybridized carbons (Fsp3) is 0.160. The summed E-state index contributed by atoms with van der Waals surface area (Å²) in [4.78, 5) is 32.4. The summed E-state index contributed by atoms with van der Waals surface area (Å²) in [6.45, 7) is 1.98. The maximum atomic E-state index is 12.3. The number of thioether (sulfide) groups is 1. The number of hydrazine groups is 1. The molecule has 32 heavy (non-hydrogen) atoms. The Labute approximate surface area is 190 Å². The number of aromatic nitrogens is 2. The largest absolute Gasteiger partial charge is 0.333 e. The van der Waals surface area contributed by atoms with Gasteiger partial charge in [0, 0.05) is 17.7 Å². The van der Waals surface area contributed by atoms with E-state index in [4.69, 9.17) is 0 Å². The lowest BCUT2D eigenvalue weighted by atomic mass is 9.98. The molecular formula is C25H24N4O2S.